The molecule has 1 saturated carbocycles. The molecule has 16 heavy (non-hydrogen) atoms. The number of nitrogens with one attached hydrogen (secondary N) is 1. The monoisotopic (exact) mass is 219 g/mol. The maximum Gasteiger partial charge on any atom is 0.0506 e. The van der Waals surface area contributed by atoms with Gasteiger partial charge in [-0.2, -0.15) is 0 Å². The minimum absolute atomic E-state index is 0.255. The van der Waals surface area contributed by atoms with Crippen molar-refractivity contribution in [2.24, 2.45) is 17.7 Å². The first-order chi connectivity index (χ1) is 7.72. The fourth-order valence-corrected chi connectivity index (χ4v) is 2.88. The van der Waals surface area contributed by atoms with Gasteiger partial charge in [-0.15, -0.1) is 0 Å². The van der Waals surface area contributed by atoms with Crippen LogP contribution in [0.1, 0.15) is 43.4 Å². The van der Waals surface area contributed by atoms with E-state index < -0.39 is 0 Å². The number of aromatic nitrogens is 1. The van der Waals surface area contributed by atoms with Crippen molar-refractivity contribution in [2.45, 2.75) is 39.2 Å². The molecule has 3 heteroatoms. The Kier molecular flexibility index (Phi) is 3.56. The standard InChI is InChI=1S/C13H21N3/c1-9-6-11(8-15-7-9)13(16-14)12-5-3-4-10(12)2/h6-8,10,12-13,16H,3-5,14H2,1-2H3. The predicted molar refractivity (Wildman–Crippen MR) is 65.5 cm³/mol. The summed E-state index contributed by atoms with van der Waals surface area (Å²) in [7, 11) is 0. The molecule has 3 unspecified atom stereocenters. The number of hydrogen-bond acceptors (Lipinski definition) is 3. The van der Waals surface area contributed by atoms with E-state index in [0.29, 0.717) is 5.92 Å². The summed E-state index contributed by atoms with van der Waals surface area (Å²) >= 11 is 0. The van der Waals surface area contributed by atoms with Gasteiger partial charge in [0.15, 0.2) is 0 Å². The van der Waals surface area contributed by atoms with Gasteiger partial charge in [-0.25, -0.2) is 0 Å². The van der Waals surface area contributed by atoms with Crippen LogP contribution in [0, 0.1) is 18.8 Å². The summed E-state index contributed by atoms with van der Waals surface area (Å²) in [6.45, 7) is 4.40. The van der Waals surface area contributed by atoms with Crippen molar-refractivity contribution in [3.63, 3.8) is 0 Å². The van der Waals surface area contributed by atoms with Gasteiger partial charge in [0.1, 0.15) is 0 Å². The van der Waals surface area contributed by atoms with Gasteiger partial charge >= 0.3 is 0 Å². The number of hydrogen-bond donors (Lipinski definition) is 2. The summed E-state index contributed by atoms with van der Waals surface area (Å²) in [5.41, 5.74) is 5.40. The van der Waals surface area contributed by atoms with Crippen LogP contribution in [-0.4, -0.2) is 4.98 Å². The Balaban J connectivity index is 2.21. The molecule has 0 aliphatic heterocycles. The highest BCUT2D eigenvalue weighted by molar-refractivity contribution is 5.21. The lowest BCUT2D eigenvalue weighted by Crippen LogP contribution is -2.34. The second kappa shape index (κ2) is 4.93. The van der Waals surface area contributed by atoms with Crippen molar-refractivity contribution >= 4 is 0 Å². The number of nitrogens with zero attached hydrogens (tertiary/aromatic N) is 1. The highest BCUT2D eigenvalue weighted by Crippen LogP contribution is 2.39. The van der Waals surface area contributed by atoms with Crippen molar-refractivity contribution in [1.82, 2.24) is 10.4 Å². The zero-order chi connectivity index (χ0) is 11.5. The molecule has 0 bridgehead atoms. The fourth-order valence-electron chi connectivity index (χ4n) is 2.88. The first-order valence-electron chi connectivity index (χ1n) is 6.10. The number of hydrazine groups is 1. The summed E-state index contributed by atoms with van der Waals surface area (Å²) < 4.78 is 0. The molecule has 3 nitrogen and oxygen atoms in total. The van der Waals surface area contributed by atoms with Crippen molar-refractivity contribution in [1.29, 1.82) is 0 Å². The molecular weight excluding hydrogens is 198 g/mol. The average Bonchev–Trinajstić information content (AvgIpc) is 2.67. The summed E-state index contributed by atoms with van der Waals surface area (Å²) in [4.78, 5) is 4.25. The van der Waals surface area contributed by atoms with Gasteiger partial charge in [-0.05, 0) is 36.3 Å². The zero-order valence-electron chi connectivity index (χ0n) is 10.1. The van der Waals surface area contributed by atoms with E-state index in [2.05, 4.69) is 30.3 Å². The van der Waals surface area contributed by atoms with E-state index in [1.54, 1.807) is 0 Å². The molecule has 1 aliphatic carbocycles. The fraction of sp³-hybridized carbons (Fsp3) is 0.615. The van der Waals surface area contributed by atoms with Crippen LogP contribution in [0.3, 0.4) is 0 Å². The molecule has 0 aromatic carbocycles. The normalized spacial score (nSPS) is 26.9. The van der Waals surface area contributed by atoms with Crippen LogP contribution in [0.5, 0.6) is 0 Å². The number of nitrogens with two attached hydrogens (primary N) is 1. The van der Waals surface area contributed by atoms with E-state index >= 15 is 0 Å². The summed E-state index contributed by atoms with van der Waals surface area (Å²) in [6, 6.07) is 2.44. The summed E-state index contributed by atoms with van der Waals surface area (Å²) in [6.07, 6.45) is 7.73. The smallest absolute Gasteiger partial charge is 0.0506 e. The molecule has 0 radical (unpaired) electrons. The molecule has 1 aromatic heterocycles. The van der Waals surface area contributed by atoms with E-state index in [1.807, 2.05) is 12.4 Å². The van der Waals surface area contributed by atoms with E-state index in [0.717, 1.165) is 5.92 Å². The Hall–Kier alpha value is -0.930. The van der Waals surface area contributed by atoms with E-state index in [9.17, 15) is 0 Å². The van der Waals surface area contributed by atoms with Crippen LogP contribution in [-0.2, 0) is 0 Å². The number of rotatable bonds is 3. The molecule has 0 amide bonds. The summed E-state index contributed by atoms with van der Waals surface area (Å²) in [5.74, 6) is 7.12. The lowest BCUT2D eigenvalue weighted by atomic mass is 9.86. The SMILES string of the molecule is Cc1cncc(C(NN)C2CCCC2C)c1. The molecular formula is C13H21N3. The third-order valence-corrected chi connectivity index (χ3v) is 3.79. The van der Waals surface area contributed by atoms with Crippen LogP contribution >= 0.6 is 0 Å². The Morgan fingerprint density at radius 1 is 1.44 bits per heavy atom. The van der Waals surface area contributed by atoms with E-state index in [1.165, 1.54) is 30.4 Å². The highest BCUT2D eigenvalue weighted by atomic mass is 15.2. The molecule has 0 saturated heterocycles. The first-order valence-corrected chi connectivity index (χ1v) is 6.10. The maximum absolute atomic E-state index is 5.72. The van der Waals surface area contributed by atoms with Crippen molar-refractivity contribution in [3.05, 3.63) is 29.6 Å². The van der Waals surface area contributed by atoms with E-state index in [4.69, 9.17) is 5.84 Å². The van der Waals surface area contributed by atoms with Crippen LogP contribution in [0.25, 0.3) is 0 Å². The maximum atomic E-state index is 5.72. The molecule has 1 aliphatic rings. The highest BCUT2D eigenvalue weighted by Gasteiger charge is 2.31. The lowest BCUT2D eigenvalue weighted by Gasteiger charge is -2.26. The lowest BCUT2D eigenvalue weighted by molar-refractivity contribution is 0.304. The molecule has 88 valence electrons. The largest absolute Gasteiger partial charge is 0.271 e. The van der Waals surface area contributed by atoms with E-state index in [-0.39, 0.29) is 6.04 Å². The van der Waals surface area contributed by atoms with Gasteiger partial charge in [0.25, 0.3) is 0 Å². The van der Waals surface area contributed by atoms with Crippen molar-refractivity contribution in [2.75, 3.05) is 0 Å². The third kappa shape index (κ3) is 2.25. The quantitative estimate of drug-likeness (QED) is 0.606. The minimum Gasteiger partial charge on any atom is -0.271 e. The predicted octanol–water partition coefficient (Wildman–Crippen LogP) is 2.33. The van der Waals surface area contributed by atoms with Crippen LogP contribution in [0.2, 0.25) is 0 Å². The Labute approximate surface area is 97.4 Å². The molecule has 3 N–H and O–H groups in total. The van der Waals surface area contributed by atoms with Crippen LogP contribution in [0.15, 0.2) is 18.5 Å². The first kappa shape index (κ1) is 11.6. The van der Waals surface area contributed by atoms with Gasteiger partial charge in [-0.3, -0.25) is 16.3 Å². The Morgan fingerprint density at radius 2 is 2.25 bits per heavy atom. The Morgan fingerprint density at radius 3 is 2.81 bits per heavy atom. The number of aryl methyl sites for hydroxylation is 1. The van der Waals surface area contributed by atoms with Gasteiger partial charge in [0.2, 0.25) is 0 Å². The Bertz CT molecular complexity index is 351. The molecule has 1 fully saturated rings. The van der Waals surface area contributed by atoms with Crippen molar-refractivity contribution in [3.8, 4) is 0 Å². The molecule has 3 atom stereocenters. The third-order valence-electron chi connectivity index (χ3n) is 3.79. The van der Waals surface area contributed by atoms with Gasteiger partial charge in [-0.1, -0.05) is 25.8 Å². The van der Waals surface area contributed by atoms with Gasteiger partial charge in [0, 0.05) is 12.4 Å². The molecule has 1 heterocycles. The molecule has 2 rings (SSSR count). The molecule has 0 spiro atoms. The second-order valence-electron chi connectivity index (χ2n) is 5.01. The molecule has 1 aromatic rings. The second-order valence-corrected chi connectivity index (χ2v) is 5.01. The number of pyridine rings is 1. The van der Waals surface area contributed by atoms with Gasteiger partial charge < -0.3 is 0 Å². The minimum atomic E-state index is 0.255. The van der Waals surface area contributed by atoms with Crippen LogP contribution in [0.4, 0.5) is 0 Å². The average molecular weight is 219 g/mol. The summed E-state index contributed by atoms with van der Waals surface area (Å²) in [5, 5.41) is 0. The topological polar surface area (TPSA) is 50.9 Å². The zero-order valence-corrected chi connectivity index (χ0v) is 10.1. The van der Waals surface area contributed by atoms with Crippen molar-refractivity contribution < 1.29 is 0 Å². The van der Waals surface area contributed by atoms with Crippen LogP contribution < -0.4 is 11.3 Å². The van der Waals surface area contributed by atoms with Gasteiger partial charge in [0.05, 0.1) is 6.04 Å².